The van der Waals surface area contributed by atoms with Gasteiger partial charge in [-0.25, -0.2) is 4.98 Å². The monoisotopic (exact) mass is 435 g/mol. The number of H-pyrrole nitrogens is 1. The highest BCUT2D eigenvalue weighted by Crippen LogP contribution is 2.33. The number of hydrogen-bond acceptors (Lipinski definition) is 5. The number of aromatic nitrogens is 4. The average Bonchev–Trinajstić information content (AvgIpc) is 3.33. The van der Waals surface area contributed by atoms with Gasteiger partial charge in [0.2, 0.25) is 0 Å². The highest BCUT2D eigenvalue weighted by atomic mass is 16.3. The number of fused-ring (bicyclic) bond motifs is 1. The van der Waals surface area contributed by atoms with Crippen molar-refractivity contribution in [1.29, 1.82) is 0 Å². The lowest BCUT2D eigenvalue weighted by Gasteiger charge is -2.10. The Hall–Kier alpha value is -3.87. The van der Waals surface area contributed by atoms with Gasteiger partial charge in [0.1, 0.15) is 5.65 Å². The fraction of sp³-hybridized carbons (Fsp3) is 0.148. The molecule has 5 rings (SSSR count). The fourth-order valence-electron chi connectivity index (χ4n) is 4.01. The van der Waals surface area contributed by atoms with Crippen LogP contribution in [-0.2, 0) is 6.54 Å². The molecule has 0 aliphatic heterocycles. The van der Waals surface area contributed by atoms with Gasteiger partial charge >= 0.3 is 0 Å². The van der Waals surface area contributed by atoms with Crippen molar-refractivity contribution >= 4 is 11.0 Å². The van der Waals surface area contributed by atoms with E-state index in [9.17, 15) is 0 Å². The lowest BCUT2D eigenvalue weighted by atomic mass is 9.98. The van der Waals surface area contributed by atoms with Gasteiger partial charge < -0.3 is 15.4 Å². The summed E-state index contributed by atoms with van der Waals surface area (Å²) >= 11 is 0. The number of hydrogen-bond donors (Lipinski definition) is 3. The minimum Gasteiger partial charge on any atom is -0.395 e. The van der Waals surface area contributed by atoms with Crippen LogP contribution < -0.4 is 5.32 Å². The summed E-state index contributed by atoms with van der Waals surface area (Å²) in [6, 6.07) is 20.7. The lowest BCUT2D eigenvalue weighted by Crippen LogP contribution is -2.17. The Labute approximate surface area is 192 Å². The van der Waals surface area contributed by atoms with E-state index in [1.807, 2.05) is 49.8 Å². The first-order chi connectivity index (χ1) is 16.2. The summed E-state index contributed by atoms with van der Waals surface area (Å²) in [4.78, 5) is 17.3. The number of aliphatic hydroxyl groups excluding tert-OH is 1. The highest BCUT2D eigenvalue weighted by molar-refractivity contribution is 5.95. The molecule has 0 saturated heterocycles. The number of rotatable bonds is 7. The normalized spacial score (nSPS) is 11.2. The molecule has 0 amide bonds. The second-order valence-corrected chi connectivity index (χ2v) is 8.02. The first-order valence-corrected chi connectivity index (χ1v) is 11.0. The summed E-state index contributed by atoms with van der Waals surface area (Å²) < 4.78 is 0. The molecule has 3 N–H and O–H groups in total. The Morgan fingerprint density at radius 2 is 1.76 bits per heavy atom. The van der Waals surface area contributed by atoms with Crippen molar-refractivity contribution < 1.29 is 5.11 Å². The Bertz CT molecular complexity index is 1410. The van der Waals surface area contributed by atoms with Gasteiger partial charge in [0.15, 0.2) is 0 Å². The van der Waals surface area contributed by atoms with E-state index in [1.54, 1.807) is 0 Å². The first-order valence-electron chi connectivity index (χ1n) is 11.0. The quantitative estimate of drug-likeness (QED) is 0.321. The summed E-state index contributed by atoms with van der Waals surface area (Å²) in [7, 11) is 0. The van der Waals surface area contributed by atoms with E-state index in [1.165, 1.54) is 0 Å². The van der Waals surface area contributed by atoms with E-state index < -0.39 is 0 Å². The minimum absolute atomic E-state index is 0.130. The van der Waals surface area contributed by atoms with Crippen molar-refractivity contribution in [2.75, 3.05) is 13.2 Å². The van der Waals surface area contributed by atoms with E-state index in [-0.39, 0.29) is 6.61 Å². The van der Waals surface area contributed by atoms with Crippen LogP contribution in [-0.4, -0.2) is 38.2 Å². The number of pyridine rings is 3. The SMILES string of the molecule is Cc1cccc(-c2cc(-c3cncc(-c4cccc(CNCCO)c4)c3)c3cc[nH]c3n2)n1. The molecule has 0 radical (unpaired) electrons. The summed E-state index contributed by atoms with van der Waals surface area (Å²) in [5, 5.41) is 13.3. The molecule has 0 fully saturated rings. The van der Waals surface area contributed by atoms with Crippen LogP contribution in [0.1, 0.15) is 11.3 Å². The van der Waals surface area contributed by atoms with E-state index in [2.05, 4.69) is 56.7 Å². The molecule has 0 atom stereocenters. The molecule has 6 nitrogen and oxygen atoms in total. The fourth-order valence-corrected chi connectivity index (χ4v) is 4.01. The molecule has 0 saturated carbocycles. The van der Waals surface area contributed by atoms with Crippen LogP contribution in [0, 0.1) is 6.92 Å². The van der Waals surface area contributed by atoms with Crippen molar-refractivity contribution in [3.05, 3.63) is 90.5 Å². The van der Waals surface area contributed by atoms with Gasteiger partial charge in [0.25, 0.3) is 0 Å². The number of aromatic amines is 1. The number of aryl methyl sites for hydroxylation is 1. The molecule has 0 aliphatic carbocycles. The standard InChI is InChI=1S/C27H25N5O/c1-18-4-2-7-25(31-18)26-14-24(23-8-9-30-27(23)32-26)22-13-21(16-29-17-22)20-6-3-5-19(12-20)15-28-10-11-33/h2-9,12-14,16-17,28,33H,10-11,15H2,1H3,(H,30,32). The molecule has 0 unspecified atom stereocenters. The van der Waals surface area contributed by atoms with Crippen LogP contribution in [0.5, 0.6) is 0 Å². The zero-order chi connectivity index (χ0) is 22.6. The van der Waals surface area contributed by atoms with Gasteiger partial charge in [0, 0.05) is 53.9 Å². The summed E-state index contributed by atoms with van der Waals surface area (Å²) in [6.07, 6.45) is 5.70. The van der Waals surface area contributed by atoms with Crippen molar-refractivity contribution in [3.8, 4) is 33.6 Å². The molecule has 0 aliphatic rings. The van der Waals surface area contributed by atoms with Crippen LogP contribution in [0.15, 0.2) is 79.3 Å². The zero-order valence-corrected chi connectivity index (χ0v) is 18.4. The minimum atomic E-state index is 0.130. The van der Waals surface area contributed by atoms with E-state index in [4.69, 9.17) is 10.1 Å². The summed E-state index contributed by atoms with van der Waals surface area (Å²) in [5.74, 6) is 0. The van der Waals surface area contributed by atoms with Crippen LogP contribution >= 0.6 is 0 Å². The predicted octanol–water partition coefficient (Wildman–Crippen LogP) is 4.74. The zero-order valence-electron chi connectivity index (χ0n) is 18.4. The van der Waals surface area contributed by atoms with E-state index in [0.29, 0.717) is 13.1 Å². The molecule has 6 heteroatoms. The number of nitrogens with one attached hydrogen (secondary N) is 2. The molecule has 33 heavy (non-hydrogen) atoms. The third kappa shape index (κ3) is 4.53. The molecule has 0 bridgehead atoms. The predicted molar refractivity (Wildman–Crippen MR) is 132 cm³/mol. The second-order valence-electron chi connectivity index (χ2n) is 8.02. The van der Waals surface area contributed by atoms with Crippen molar-refractivity contribution in [2.24, 2.45) is 0 Å². The van der Waals surface area contributed by atoms with Crippen LogP contribution in [0.4, 0.5) is 0 Å². The van der Waals surface area contributed by atoms with Crippen LogP contribution in [0.2, 0.25) is 0 Å². The molecule has 164 valence electrons. The molecular weight excluding hydrogens is 410 g/mol. The molecule has 0 spiro atoms. The Morgan fingerprint density at radius 1 is 0.879 bits per heavy atom. The van der Waals surface area contributed by atoms with Gasteiger partial charge in [-0.2, -0.15) is 0 Å². The van der Waals surface area contributed by atoms with Crippen LogP contribution in [0.3, 0.4) is 0 Å². The Kier molecular flexibility index (Phi) is 5.93. The highest BCUT2D eigenvalue weighted by Gasteiger charge is 2.13. The molecule has 1 aromatic carbocycles. The maximum Gasteiger partial charge on any atom is 0.138 e. The largest absolute Gasteiger partial charge is 0.395 e. The van der Waals surface area contributed by atoms with Gasteiger partial charge in [0.05, 0.1) is 18.0 Å². The molecule has 5 aromatic rings. The van der Waals surface area contributed by atoms with Crippen LogP contribution in [0.25, 0.3) is 44.7 Å². The molecular formula is C27H25N5O. The maximum absolute atomic E-state index is 9.00. The van der Waals surface area contributed by atoms with Gasteiger partial charge in [-0.15, -0.1) is 0 Å². The third-order valence-corrected chi connectivity index (χ3v) is 5.61. The van der Waals surface area contributed by atoms with Gasteiger partial charge in [-0.05, 0) is 60.0 Å². The molecule has 4 heterocycles. The molecule has 4 aromatic heterocycles. The summed E-state index contributed by atoms with van der Waals surface area (Å²) in [5.41, 5.74) is 8.86. The Balaban J connectivity index is 1.56. The van der Waals surface area contributed by atoms with Gasteiger partial charge in [-0.3, -0.25) is 9.97 Å². The van der Waals surface area contributed by atoms with Crippen molar-refractivity contribution in [1.82, 2.24) is 25.3 Å². The summed E-state index contributed by atoms with van der Waals surface area (Å²) in [6.45, 7) is 3.40. The smallest absolute Gasteiger partial charge is 0.138 e. The van der Waals surface area contributed by atoms with Crippen molar-refractivity contribution in [3.63, 3.8) is 0 Å². The lowest BCUT2D eigenvalue weighted by molar-refractivity contribution is 0.292. The van der Waals surface area contributed by atoms with E-state index >= 15 is 0 Å². The Morgan fingerprint density at radius 3 is 2.64 bits per heavy atom. The van der Waals surface area contributed by atoms with E-state index in [0.717, 1.165) is 55.9 Å². The van der Waals surface area contributed by atoms with Gasteiger partial charge in [-0.1, -0.05) is 24.3 Å². The number of benzene rings is 1. The number of aliphatic hydroxyl groups is 1. The second kappa shape index (κ2) is 9.32. The maximum atomic E-state index is 9.00. The van der Waals surface area contributed by atoms with Crippen molar-refractivity contribution in [2.45, 2.75) is 13.5 Å². The number of nitrogens with zero attached hydrogens (tertiary/aromatic N) is 3. The third-order valence-electron chi connectivity index (χ3n) is 5.61. The topological polar surface area (TPSA) is 86.7 Å². The first kappa shape index (κ1) is 21.0. The average molecular weight is 436 g/mol.